The van der Waals surface area contributed by atoms with Crippen molar-refractivity contribution in [3.63, 3.8) is 0 Å². The number of pyridine rings is 1. The van der Waals surface area contributed by atoms with E-state index in [2.05, 4.69) is 15.6 Å². The summed E-state index contributed by atoms with van der Waals surface area (Å²) in [6, 6.07) is 4.61. The van der Waals surface area contributed by atoms with Gasteiger partial charge in [0.05, 0.1) is 0 Å². The van der Waals surface area contributed by atoms with Crippen LogP contribution in [0.25, 0.3) is 0 Å². The second-order valence-corrected chi connectivity index (χ2v) is 4.74. The molecule has 0 bridgehead atoms. The molecule has 1 aromatic rings. The molecule has 6 heteroatoms. The zero-order valence-corrected chi connectivity index (χ0v) is 10.6. The Kier molecular flexibility index (Phi) is 3.99. The van der Waals surface area contributed by atoms with Gasteiger partial charge in [-0.25, -0.2) is 14.6 Å². The van der Waals surface area contributed by atoms with Gasteiger partial charge in [-0.1, -0.05) is 25.3 Å². The highest BCUT2D eigenvalue weighted by atomic mass is 16.4. The maximum absolute atomic E-state index is 11.9. The largest absolute Gasteiger partial charge is 0.480 e. The Labute approximate surface area is 111 Å². The fraction of sp³-hybridized carbons (Fsp3) is 0.462. The summed E-state index contributed by atoms with van der Waals surface area (Å²) < 4.78 is 0. The molecule has 0 aliphatic heterocycles. The van der Waals surface area contributed by atoms with Crippen molar-refractivity contribution in [2.24, 2.45) is 0 Å². The number of rotatable bonds is 3. The molecule has 1 aromatic heterocycles. The highest BCUT2D eigenvalue weighted by Crippen LogP contribution is 2.28. The molecule has 1 aliphatic rings. The molecular formula is C13H17N3O3. The van der Waals surface area contributed by atoms with Crippen LogP contribution in [0.5, 0.6) is 0 Å². The number of hydrogen-bond donors (Lipinski definition) is 3. The summed E-state index contributed by atoms with van der Waals surface area (Å²) in [6.07, 6.45) is 5.14. The number of urea groups is 1. The number of carboxylic acid groups (broad SMARTS) is 1. The summed E-state index contributed by atoms with van der Waals surface area (Å²) in [4.78, 5) is 27.2. The number of nitrogens with one attached hydrogen (secondary N) is 2. The topological polar surface area (TPSA) is 91.3 Å². The predicted octanol–water partition coefficient (Wildman–Crippen LogP) is 1.99. The van der Waals surface area contributed by atoms with Crippen LogP contribution in [0.4, 0.5) is 10.6 Å². The Morgan fingerprint density at radius 1 is 1.21 bits per heavy atom. The molecule has 0 aromatic carbocycles. The molecule has 0 spiro atoms. The Morgan fingerprint density at radius 3 is 2.53 bits per heavy atom. The van der Waals surface area contributed by atoms with Crippen LogP contribution in [0, 0.1) is 0 Å². The Balaban J connectivity index is 2.01. The highest BCUT2D eigenvalue weighted by Gasteiger charge is 2.40. The fourth-order valence-corrected chi connectivity index (χ4v) is 2.35. The van der Waals surface area contributed by atoms with Gasteiger partial charge in [0.2, 0.25) is 0 Å². The molecule has 2 rings (SSSR count). The quantitative estimate of drug-likeness (QED) is 0.777. The zero-order valence-electron chi connectivity index (χ0n) is 10.6. The van der Waals surface area contributed by atoms with Crippen molar-refractivity contribution in [3.05, 3.63) is 24.4 Å². The standard InChI is InChI=1S/C13H17N3O3/c17-11(18)13(7-3-1-4-8-13)16-12(19)15-10-6-2-5-9-14-10/h2,5-6,9H,1,3-4,7-8H2,(H,17,18)(H2,14,15,16,19). The summed E-state index contributed by atoms with van der Waals surface area (Å²) >= 11 is 0. The first kappa shape index (κ1) is 13.3. The predicted molar refractivity (Wildman–Crippen MR) is 69.8 cm³/mol. The number of aromatic nitrogens is 1. The van der Waals surface area contributed by atoms with E-state index in [0.29, 0.717) is 18.7 Å². The third-order valence-electron chi connectivity index (χ3n) is 3.38. The van der Waals surface area contributed by atoms with E-state index >= 15 is 0 Å². The van der Waals surface area contributed by atoms with Crippen LogP contribution in [0.15, 0.2) is 24.4 Å². The minimum Gasteiger partial charge on any atom is -0.480 e. The van der Waals surface area contributed by atoms with Crippen LogP contribution >= 0.6 is 0 Å². The molecule has 3 N–H and O–H groups in total. The Bertz CT molecular complexity index is 455. The van der Waals surface area contributed by atoms with E-state index in [-0.39, 0.29) is 0 Å². The van der Waals surface area contributed by atoms with Crippen LogP contribution in [-0.4, -0.2) is 27.6 Å². The number of nitrogens with zero attached hydrogens (tertiary/aromatic N) is 1. The molecule has 0 radical (unpaired) electrons. The number of hydrogen-bond acceptors (Lipinski definition) is 3. The average molecular weight is 263 g/mol. The van der Waals surface area contributed by atoms with Crippen LogP contribution in [0.1, 0.15) is 32.1 Å². The Hall–Kier alpha value is -2.11. The number of carbonyl (C=O) groups is 2. The normalized spacial score (nSPS) is 17.5. The lowest BCUT2D eigenvalue weighted by Gasteiger charge is -2.33. The molecule has 0 unspecified atom stereocenters. The van der Waals surface area contributed by atoms with Gasteiger partial charge in [-0.2, -0.15) is 0 Å². The van der Waals surface area contributed by atoms with Gasteiger partial charge in [0, 0.05) is 6.20 Å². The smallest absolute Gasteiger partial charge is 0.329 e. The van der Waals surface area contributed by atoms with Gasteiger partial charge in [-0.3, -0.25) is 5.32 Å². The molecular weight excluding hydrogens is 246 g/mol. The van der Waals surface area contributed by atoms with Crippen LogP contribution < -0.4 is 10.6 Å². The number of aliphatic carboxylic acids is 1. The van der Waals surface area contributed by atoms with Crippen molar-refractivity contribution in [2.75, 3.05) is 5.32 Å². The molecule has 1 heterocycles. The molecule has 19 heavy (non-hydrogen) atoms. The third kappa shape index (κ3) is 3.21. The summed E-state index contributed by atoms with van der Waals surface area (Å²) in [5.41, 5.74) is -1.14. The minimum absolute atomic E-state index is 0.399. The van der Waals surface area contributed by atoms with E-state index in [1.807, 2.05) is 0 Å². The minimum atomic E-state index is -1.14. The van der Waals surface area contributed by atoms with Crippen molar-refractivity contribution >= 4 is 17.8 Å². The maximum atomic E-state index is 11.9. The molecule has 0 saturated heterocycles. The molecule has 1 fully saturated rings. The molecule has 102 valence electrons. The van der Waals surface area contributed by atoms with Crippen molar-refractivity contribution in [1.82, 2.24) is 10.3 Å². The van der Waals surface area contributed by atoms with Crippen LogP contribution in [0.2, 0.25) is 0 Å². The first-order valence-corrected chi connectivity index (χ1v) is 6.36. The second-order valence-electron chi connectivity index (χ2n) is 4.74. The van der Waals surface area contributed by atoms with E-state index in [9.17, 15) is 14.7 Å². The van der Waals surface area contributed by atoms with E-state index in [1.165, 1.54) is 0 Å². The zero-order chi connectivity index (χ0) is 13.7. The van der Waals surface area contributed by atoms with Gasteiger partial charge in [0.15, 0.2) is 0 Å². The summed E-state index contributed by atoms with van der Waals surface area (Å²) in [5.74, 6) is -0.570. The number of amides is 2. The van der Waals surface area contributed by atoms with E-state index < -0.39 is 17.5 Å². The van der Waals surface area contributed by atoms with Gasteiger partial charge >= 0.3 is 12.0 Å². The van der Waals surface area contributed by atoms with Crippen LogP contribution in [0.3, 0.4) is 0 Å². The lowest BCUT2D eigenvalue weighted by molar-refractivity contribution is -0.145. The maximum Gasteiger partial charge on any atom is 0.329 e. The van der Waals surface area contributed by atoms with Gasteiger partial charge in [0.1, 0.15) is 11.4 Å². The molecule has 2 amide bonds. The van der Waals surface area contributed by atoms with Crippen molar-refractivity contribution < 1.29 is 14.7 Å². The van der Waals surface area contributed by atoms with Crippen molar-refractivity contribution in [2.45, 2.75) is 37.6 Å². The third-order valence-corrected chi connectivity index (χ3v) is 3.38. The van der Waals surface area contributed by atoms with Crippen molar-refractivity contribution in [1.29, 1.82) is 0 Å². The number of anilines is 1. The Morgan fingerprint density at radius 2 is 1.95 bits per heavy atom. The lowest BCUT2D eigenvalue weighted by Crippen LogP contribution is -2.56. The summed E-state index contributed by atoms with van der Waals surface area (Å²) in [5, 5.41) is 14.5. The number of carbonyl (C=O) groups excluding carboxylic acids is 1. The first-order chi connectivity index (χ1) is 9.12. The molecule has 6 nitrogen and oxygen atoms in total. The van der Waals surface area contributed by atoms with Gasteiger partial charge in [-0.15, -0.1) is 0 Å². The van der Waals surface area contributed by atoms with E-state index in [4.69, 9.17) is 0 Å². The van der Waals surface area contributed by atoms with E-state index in [0.717, 1.165) is 19.3 Å². The van der Waals surface area contributed by atoms with Gasteiger partial charge in [-0.05, 0) is 25.0 Å². The lowest BCUT2D eigenvalue weighted by atomic mass is 9.82. The van der Waals surface area contributed by atoms with Gasteiger partial charge < -0.3 is 10.4 Å². The van der Waals surface area contributed by atoms with Crippen LogP contribution in [-0.2, 0) is 4.79 Å². The fourth-order valence-electron chi connectivity index (χ4n) is 2.35. The summed E-state index contributed by atoms with van der Waals surface area (Å²) in [7, 11) is 0. The monoisotopic (exact) mass is 263 g/mol. The highest BCUT2D eigenvalue weighted by molar-refractivity contribution is 5.93. The van der Waals surface area contributed by atoms with Crippen molar-refractivity contribution in [3.8, 4) is 0 Å². The average Bonchev–Trinajstić information content (AvgIpc) is 2.40. The first-order valence-electron chi connectivity index (χ1n) is 6.36. The second kappa shape index (κ2) is 5.69. The SMILES string of the molecule is O=C(Nc1ccccn1)NC1(C(=O)O)CCCCC1. The summed E-state index contributed by atoms with van der Waals surface area (Å²) in [6.45, 7) is 0. The molecule has 1 aliphatic carbocycles. The molecule has 0 atom stereocenters. The van der Waals surface area contributed by atoms with Gasteiger partial charge in [0.25, 0.3) is 0 Å². The number of carboxylic acids is 1. The molecule has 1 saturated carbocycles. The van der Waals surface area contributed by atoms with E-state index in [1.54, 1.807) is 24.4 Å².